The zero-order valence-corrected chi connectivity index (χ0v) is 11.4. The van der Waals surface area contributed by atoms with E-state index in [1.54, 1.807) is 11.8 Å². The summed E-state index contributed by atoms with van der Waals surface area (Å²) in [4.78, 5) is 0. The summed E-state index contributed by atoms with van der Waals surface area (Å²) >= 11 is 1.79. The molecule has 1 heterocycles. The van der Waals surface area contributed by atoms with Crippen molar-refractivity contribution < 1.29 is 8.42 Å². The van der Waals surface area contributed by atoms with E-state index >= 15 is 0 Å². The Hall–Kier alpha value is 0.180. The fraction of sp³-hybridized carbons (Fsp3) is 1.00. The summed E-state index contributed by atoms with van der Waals surface area (Å²) in [5, 5.41) is 3.13. The van der Waals surface area contributed by atoms with E-state index < -0.39 is 10.2 Å². The normalized spacial score (nSPS) is 18.8. The Balaban J connectivity index is 2.22. The zero-order chi connectivity index (χ0) is 11.9. The van der Waals surface area contributed by atoms with Crippen LogP contribution in [-0.2, 0) is 10.2 Å². The first-order valence-electron chi connectivity index (χ1n) is 5.61. The molecule has 1 aliphatic heterocycles. The van der Waals surface area contributed by atoms with Crippen LogP contribution in [0, 0.1) is 0 Å². The minimum absolute atomic E-state index is 0.548. The van der Waals surface area contributed by atoms with Crippen molar-refractivity contribution in [3.05, 3.63) is 0 Å². The molecule has 5 nitrogen and oxygen atoms in total. The summed E-state index contributed by atoms with van der Waals surface area (Å²) < 4.78 is 27.8. The number of nitrogens with one attached hydrogen (secondary N) is 2. The van der Waals surface area contributed by atoms with Crippen molar-refractivity contribution in [3.8, 4) is 0 Å². The molecule has 1 rings (SSSR count). The SMILES string of the molecule is CSCCCCNS(=O)(=O)N1CCNCC1. The lowest BCUT2D eigenvalue weighted by atomic mass is 10.3. The number of rotatable bonds is 7. The lowest BCUT2D eigenvalue weighted by Crippen LogP contribution is -2.50. The highest BCUT2D eigenvalue weighted by Crippen LogP contribution is 2.02. The van der Waals surface area contributed by atoms with Gasteiger partial charge in [-0.15, -0.1) is 0 Å². The molecule has 1 saturated heterocycles. The van der Waals surface area contributed by atoms with Crippen molar-refractivity contribution in [1.82, 2.24) is 14.3 Å². The second-order valence-corrected chi connectivity index (χ2v) is 6.49. The average Bonchev–Trinajstić information content (AvgIpc) is 2.30. The molecule has 0 amide bonds. The Bertz CT molecular complexity index is 276. The van der Waals surface area contributed by atoms with E-state index in [9.17, 15) is 8.42 Å². The van der Waals surface area contributed by atoms with Gasteiger partial charge in [-0.1, -0.05) is 0 Å². The molecule has 1 fully saturated rings. The monoisotopic (exact) mass is 267 g/mol. The second-order valence-electron chi connectivity index (χ2n) is 3.75. The third-order valence-corrected chi connectivity index (χ3v) is 4.79. The minimum atomic E-state index is -3.23. The fourth-order valence-corrected chi connectivity index (χ4v) is 3.29. The number of hydrogen-bond acceptors (Lipinski definition) is 4. The molecular formula is C9H21N3O2S2. The minimum Gasteiger partial charge on any atom is -0.314 e. The molecule has 0 radical (unpaired) electrons. The summed E-state index contributed by atoms with van der Waals surface area (Å²) in [6.45, 7) is 3.17. The van der Waals surface area contributed by atoms with Crippen LogP contribution in [0.1, 0.15) is 12.8 Å². The maximum absolute atomic E-state index is 11.8. The van der Waals surface area contributed by atoms with Crippen molar-refractivity contribution in [3.63, 3.8) is 0 Å². The maximum atomic E-state index is 11.8. The van der Waals surface area contributed by atoms with Gasteiger partial charge in [0.25, 0.3) is 10.2 Å². The molecular weight excluding hydrogens is 246 g/mol. The van der Waals surface area contributed by atoms with Gasteiger partial charge in [0.05, 0.1) is 0 Å². The van der Waals surface area contributed by atoms with Crippen LogP contribution in [-0.4, -0.2) is 57.5 Å². The summed E-state index contributed by atoms with van der Waals surface area (Å²) in [6.07, 6.45) is 4.03. The predicted molar refractivity (Wildman–Crippen MR) is 69.0 cm³/mol. The molecule has 0 bridgehead atoms. The predicted octanol–water partition coefficient (Wildman–Crippen LogP) is -0.131. The lowest BCUT2D eigenvalue weighted by Gasteiger charge is -2.26. The number of unbranched alkanes of at least 4 members (excludes halogenated alkanes) is 1. The van der Waals surface area contributed by atoms with E-state index in [1.165, 1.54) is 4.31 Å². The number of hydrogen-bond donors (Lipinski definition) is 2. The first kappa shape index (κ1) is 14.2. The van der Waals surface area contributed by atoms with E-state index in [0.29, 0.717) is 19.6 Å². The second kappa shape index (κ2) is 7.50. The molecule has 96 valence electrons. The van der Waals surface area contributed by atoms with Gasteiger partial charge in [0, 0.05) is 32.7 Å². The largest absolute Gasteiger partial charge is 0.314 e. The number of piperazine rings is 1. The van der Waals surface area contributed by atoms with Gasteiger partial charge in [-0.25, -0.2) is 4.72 Å². The topological polar surface area (TPSA) is 61.4 Å². The Morgan fingerprint density at radius 2 is 2.00 bits per heavy atom. The van der Waals surface area contributed by atoms with Gasteiger partial charge in [-0.2, -0.15) is 24.5 Å². The van der Waals surface area contributed by atoms with Crippen LogP contribution >= 0.6 is 11.8 Å². The fourth-order valence-electron chi connectivity index (χ4n) is 1.55. The van der Waals surface area contributed by atoms with Gasteiger partial charge in [0.1, 0.15) is 0 Å². The van der Waals surface area contributed by atoms with E-state index in [0.717, 1.165) is 31.7 Å². The molecule has 2 N–H and O–H groups in total. The summed E-state index contributed by atoms with van der Waals surface area (Å²) in [6, 6.07) is 0. The number of nitrogens with zero attached hydrogens (tertiary/aromatic N) is 1. The van der Waals surface area contributed by atoms with E-state index in [4.69, 9.17) is 0 Å². The Morgan fingerprint density at radius 1 is 1.31 bits per heavy atom. The van der Waals surface area contributed by atoms with Crippen LogP contribution in [0.2, 0.25) is 0 Å². The molecule has 0 aromatic heterocycles. The van der Waals surface area contributed by atoms with E-state index in [1.807, 2.05) is 0 Å². The summed E-state index contributed by atoms with van der Waals surface area (Å²) in [5.41, 5.74) is 0. The van der Waals surface area contributed by atoms with Gasteiger partial charge in [-0.05, 0) is 24.9 Å². The van der Waals surface area contributed by atoms with E-state index in [2.05, 4.69) is 16.3 Å². The van der Waals surface area contributed by atoms with Crippen LogP contribution < -0.4 is 10.0 Å². The molecule has 1 aliphatic rings. The first-order chi connectivity index (χ1) is 7.67. The standard InChI is InChI=1S/C9H21N3O2S2/c1-15-9-3-2-4-11-16(13,14)12-7-5-10-6-8-12/h10-11H,2-9H2,1H3. The summed E-state index contributed by atoms with van der Waals surface area (Å²) in [7, 11) is -3.23. The molecule has 0 saturated carbocycles. The molecule has 0 unspecified atom stereocenters. The zero-order valence-electron chi connectivity index (χ0n) is 9.74. The van der Waals surface area contributed by atoms with Gasteiger partial charge in [0.15, 0.2) is 0 Å². The third kappa shape index (κ3) is 5.01. The Labute approximate surface area is 103 Å². The quantitative estimate of drug-likeness (QED) is 0.631. The van der Waals surface area contributed by atoms with Gasteiger partial charge >= 0.3 is 0 Å². The average molecular weight is 267 g/mol. The van der Waals surface area contributed by atoms with Crippen LogP contribution in [0.5, 0.6) is 0 Å². The molecule has 16 heavy (non-hydrogen) atoms. The van der Waals surface area contributed by atoms with Gasteiger partial charge in [0.2, 0.25) is 0 Å². The summed E-state index contributed by atoms with van der Waals surface area (Å²) in [5.74, 6) is 1.09. The highest BCUT2D eigenvalue weighted by Gasteiger charge is 2.22. The molecule has 0 atom stereocenters. The molecule has 0 aromatic rings. The van der Waals surface area contributed by atoms with Gasteiger partial charge in [-0.3, -0.25) is 0 Å². The van der Waals surface area contributed by atoms with Crippen molar-refractivity contribution in [2.45, 2.75) is 12.8 Å². The molecule has 0 aliphatic carbocycles. The highest BCUT2D eigenvalue weighted by molar-refractivity contribution is 7.98. The van der Waals surface area contributed by atoms with Gasteiger partial charge < -0.3 is 5.32 Å². The van der Waals surface area contributed by atoms with Crippen molar-refractivity contribution >= 4 is 22.0 Å². The third-order valence-electron chi connectivity index (χ3n) is 2.48. The van der Waals surface area contributed by atoms with E-state index in [-0.39, 0.29) is 0 Å². The Kier molecular flexibility index (Phi) is 6.67. The smallest absolute Gasteiger partial charge is 0.279 e. The van der Waals surface area contributed by atoms with Crippen LogP contribution in [0.4, 0.5) is 0 Å². The number of thioether (sulfide) groups is 1. The van der Waals surface area contributed by atoms with Crippen LogP contribution in [0.15, 0.2) is 0 Å². The first-order valence-corrected chi connectivity index (χ1v) is 8.44. The molecule has 7 heteroatoms. The highest BCUT2D eigenvalue weighted by atomic mass is 32.2. The molecule has 0 aromatic carbocycles. The lowest BCUT2D eigenvalue weighted by molar-refractivity contribution is 0.354. The van der Waals surface area contributed by atoms with Crippen molar-refractivity contribution in [2.75, 3.05) is 44.7 Å². The van der Waals surface area contributed by atoms with Crippen LogP contribution in [0.3, 0.4) is 0 Å². The van der Waals surface area contributed by atoms with Crippen LogP contribution in [0.25, 0.3) is 0 Å². The van der Waals surface area contributed by atoms with Crippen molar-refractivity contribution in [1.29, 1.82) is 0 Å². The Morgan fingerprint density at radius 3 is 2.62 bits per heavy atom. The maximum Gasteiger partial charge on any atom is 0.279 e. The van der Waals surface area contributed by atoms with Crippen molar-refractivity contribution in [2.24, 2.45) is 0 Å². The molecule has 0 spiro atoms.